The van der Waals surface area contributed by atoms with Gasteiger partial charge in [0.2, 0.25) is 5.90 Å². The van der Waals surface area contributed by atoms with Crippen molar-refractivity contribution in [3.8, 4) is 0 Å². The number of aliphatic hydroxyl groups excluding tert-OH is 1. The van der Waals surface area contributed by atoms with E-state index in [1.807, 2.05) is 0 Å². The summed E-state index contributed by atoms with van der Waals surface area (Å²) >= 11 is 0. The Hall–Kier alpha value is -0.940. The molecule has 0 saturated carbocycles. The third kappa shape index (κ3) is 0.573. The van der Waals surface area contributed by atoms with Crippen molar-refractivity contribution in [1.29, 1.82) is 0 Å². The van der Waals surface area contributed by atoms with Crippen LogP contribution in [0, 0.1) is 0 Å². The number of rotatable bonds is 0. The van der Waals surface area contributed by atoms with Crippen LogP contribution in [0.1, 0.15) is 0 Å². The van der Waals surface area contributed by atoms with Gasteiger partial charge in [-0.1, -0.05) is 0 Å². The lowest BCUT2D eigenvalue weighted by Crippen LogP contribution is -2.56. The normalized spacial score (nSPS) is 23.5. The lowest BCUT2D eigenvalue weighted by atomic mass is 10.2. The molecule has 0 amide bonds. The van der Waals surface area contributed by atoms with E-state index in [4.69, 9.17) is 16.6 Å². The molecule has 0 spiro atoms. The first kappa shape index (κ1) is 5.20. The highest BCUT2D eigenvalue weighted by molar-refractivity contribution is 6.03. The number of hydrogen-bond donors (Lipinski definition) is 3. The Morgan fingerprint density at radius 3 is 2.38 bits per heavy atom. The van der Waals surface area contributed by atoms with Crippen LogP contribution in [0.25, 0.3) is 0 Å². The Morgan fingerprint density at radius 1 is 1.62 bits per heavy atom. The zero-order chi connectivity index (χ0) is 6.20. The molecule has 44 valence electrons. The zero-order valence-corrected chi connectivity index (χ0v) is 4.07. The SMILES string of the molecule is NC1(N)C=NN=C1O. The van der Waals surface area contributed by atoms with E-state index in [0.29, 0.717) is 0 Å². The van der Waals surface area contributed by atoms with Crippen molar-refractivity contribution < 1.29 is 5.11 Å². The average Bonchev–Trinajstić information content (AvgIpc) is 1.86. The molecule has 5 nitrogen and oxygen atoms in total. The van der Waals surface area contributed by atoms with Gasteiger partial charge in [0.15, 0.2) is 5.66 Å². The maximum absolute atomic E-state index is 8.63. The van der Waals surface area contributed by atoms with Crippen LogP contribution in [0.3, 0.4) is 0 Å². The molecule has 0 aromatic carbocycles. The van der Waals surface area contributed by atoms with Crippen molar-refractivity contribution in [2.75, 3.05) is 0 Å². The van der Waals surface area contributed by atoms with Crippen molar-refractivity contribution >= 4 is 12.1 Å². The molecular weight excluding hydrogens is 108 g/mol. The van der Waals surface area contributed by atoms with Crippen LogP contribution in [0.5, 0.6) is 0 Å². The van der Waals surface area contributed by atoms with Crippen LogP contribution in [-0.2, 0) is 0 Å². The largest absolute Gasteiger partial charge is 0.493 e. The molecule has 0 radical (unpaired) electrons. The highest BCUT2D eigenvalue weighted by Crippen LogP contribution is 1.96. The first-order valence-electron chi connectivity index (χ1n) is 2.02. The predicted octanol–water partition coefficient (Wildman–Crippen LogP) is -1.44. The fourth-order valence-corrected chi connectivity index (χ4v) is 0.323. The molecule has 5 N–H and O–H groups in total. The van der Waals surface area contributed by atoms with Crippen LogP contribution in [0.2, 0.25) is 0 Å². The first-order chi connectivity index (χ1) is 3.63. The fourth-order valence-electron chi connectivity index (χ4n) is 0.323. The van der Waals surface area contributed by atoms with E-state index in [-0.39, 0.29) is 5.90 Å². The summed E-state index contributed by atoms with van der Waals surface area (Å²) in [5.74, 6) is -0.350. The van der Waals surface area contributed by atoms with E-state index in [1.165, 1.54) is 6.21 Å². The summed E-state index contributed by atoms with van der Waals surface area (Å²) < 4.78 is 0. The van der Waals surface area contributed by atoms with Gasteiger partial charge in [0.05, 0.1) is 6.21 Å². The standard InChI is InChI=1S/C3H6N4O/c4-3(5)1-6-7-2(3)8/h1H,4-5H2,(H,7,8). The monoisotopic (exact) mass is 114 g/mol. The number of nitrogens with zero attached hydrogens (tertiary/aromatic N) is 2. The van der Waals surface area contributed by atoms with Gasteiger partial charge in [-0.05, 0) is 0 Å². The van der Waals surface area contributed by atoms with Crippen LogP contribution in [0.4, 0.5) is 0 Å². The molecular formula is C3H6N4O. The molecule has 1 heterocycles. The van der Waals surface area contributed by atoms with Crippen molar-refractivity contribution in [3.63, 3.8) is 0 Å². The summed E-state index contributed by atoms with van der Waals surface area (Å²) in [6, 6.07) is 0. The Labute approximate surface area is 45.7 Å². The number of aliphatic hydroxyl groups is 1. The van der Waals surface area contributed by atoms with Gasteiger partial charge < -0.3 is 16.6 Å². The second kappa shape index (κ2) is 1.27. The van der Waals surface area contributed by atoms with Crippen molar-refractivity contribution in [2.24, 2.45) is 21.7 Å². The minimum atomic E-state index is -1.33. The van der Waals surface area contributed by atoms with E-state index >= 15 is 0 Å². The van der Waals surface area contributed by atoms with Gasteiger partial charge in [-0.3, -0.25) is 0 Å². The Morgan fingerprint density at radius 2 is 2.25 bits per heavy atom. The van der Waals surface area contributed by atoms with Gasteiger partial charge in [0.25, 0.3) is 0 Å². The van der Waals surface area contributed by atoms with Crippen molar-refractivity contribution in [3.05, 3.63) is 0 Å². The van der Waals surface area contributed by atoms with E-state index in [2.05, 4.69) is 10.2 Å². The van der Waals surface area contributed by atoms with E-state index in [9.17, 15) is 0 Å². The smallest absolute Gasteiger partial charge is 0.247 e. The van der Waals surface area contributed by atoms with Crippen LogP contribution in [0.15, 0.2) is 10.2 Å². The van der Waals surface area contributed by atoms with Gasteiger partial charge in [-0.25, -0.2) is 0 Å². The molecule has 0 bridgehead atoms. The van der Waals surface area contributed by atoms with Gasteiger partial charge >= 0.3 is 0 Å². The highest BCUT2D eigenvalue weighted by atomic mass is 16.3. The maximum Gasteiger partial charge on any atom is 0.247 e. The molecule has 5 heteroatoms. The molecule has 0 fully saturated rings. The zero-order valence-electron chi connectivity index (χ0n) is 4.07. The van der Waals surface area contributed by atoms with Gasteiger partial charge in [-0.15, -0.1) is 5.10 Å². The maximum atomic E-state index is 8.63. The summed E-state index contributed by atoms with van der Waals surface area (Å²) in [6.07, 6.45) is 1.17. The third-order valence-corrected chi connectivity index (χ3v) is 0.811. The lowest BCUT2D eigenvalue weighted by Gasteiger charge is -2.09. The second-order valence-corrected chi connectivity index (χ2v) is 1.60. The van der Waals surface area contributed by atoms with E-state index in [0.717, 1.165) is 0 Å². The topological polar surface area (TPSA) is 97.0 Å². The van der Waals surface area contributed by atoms with Crippen molar-refractivity contribution in [1.82, 2.24) is 0 Å². The highest BCUT2D eigenvalue weighted by Gasteiger charge is 2.27. The van der Waals surface area contributed by atoms with Gasteiger partial charge in [-0.2, -0.15) is 5.10 Å². The number of hydrogen-bond acceptors (Lipinski definition) is 4. The fraction of sp³-hybridized carbons (Fsp3) is 0.333. The number of nitrogens with two attached hydrogens (primary N) is 2. The minimum absolute atomic E-state index is 0.350. The molecule has 0 unspecified atom stereocenters. The third-order valence-electron chi connectivity index (χ3n) is 0.811. The average molecular weight is 114 g/mol. The molecule has 1 rings (SSSR count). The lowest BCUT2D eigenvalue weighted by molar-refractivity contribution is 0.499. The van der Waals surface area contributed by atoms with Crippen LogP contribution in [-0.4, -0.2) is 22.9 Å². The molecule has 0 atom stereocenters. The Kier molecular flexibility index (Phi) is 0.825. The first-order valence-corrected chi connectivity index (χ1v) is 2.02. The molecule has 1 aliphatic rings. The summed E-state index contributed by atoms with van der Waals surface area (Å²) in [6.45, 7) is 0. The predicted molar refractivity (Wildman–Crippen MR) is 29.7 cm³/mol. The minimum Gasteiger partial charge on any atom is -0.493 e. The quantitative estimate of drug-likeness (QED) is 0.336. The van der Waals surface area contributed by atoms with Gasteiger partial charge in [0.1, 0.15) is 0 Å². The molecule has 0 aromatic rings. The molecule has 0 saturated heterocycles. The molecule has 8 heavy (non-hydrogen) atoms. The van der Waals surface area contributed by atoms with E-state index in [1.54, 1.807) is 0 Å². The van der Waals surface area contributed by atoms with Gasteiger partial charge in [0, 0.05) is 0 Å². The van der Waals surface area contributed by atoms with Crippen molar-refractivity contribution in [2.45, 2.75) is 5.66 Å². The molecule has 0 aliphatic carbocycles. The molecule has 1 aliphatic heterocycles. The second-order valence-electron chi connectivity index (χ2n) is 1.60. The summed E-state index contributed by atoms with van der Waals surface area (Å²) in [7, 11) is 0. The Balaban J connectivity index is 2.87. The summed E-state index contributed by atoms with van der Waals surface area (Å²) in [5.41, 5.74) is 9.00. The van der Waals surface area contributed by atoms with Crippen LogP contribution < -0.4 is 11.5 Å². The summed E-state index contributed by atoms with van der Waals surface area (Å²) in [4.78, 5) is 0. The summed E-state index contributed by atoms with van der Waals surface area (Å²) in [5, 5.41) is 15.1. The Bertz CT molecular complexity index is 159. The van der Waals surface area contributed by atoms with Crippen LogP contribution >= 0.6 is 0 Å². The van der Waals surface area contributed by atoms with E-state index < -0.39 is 5.66 Å². The molecule has 0 aromatic heterocycles.